The number of anilines is 1. The minimum Gasteiger partial charge on any atom is -0.388 e. The number of carbonyl (C=O) groups excluding carboxylic acids is 1. The lowest BCUT2D eigenvalue weighted by Crippen LogP contribution is -2.34. The summed E-state index contributed by atoms with van der Waals surface area (Å²) in [5.41, 5.74) is 3.78. The molecule has 0 saturated carbocycles. The van der Waals surface area contributed by atoms with Gasteiger partial charge in [0.25, 0.3) is 5.91 Å². The predicted molar refractivity (Wildman–Crippen MR) is 85.6 cm³/mol. The Morgan fingerprint density at radius 3 is 2.48 bits per heavy atom. The predicted octanol–water partition coefficient (Wildman–Crippen LogP) is 2.79. The summed E-state index contributed by atoms with van der Waals surface area (Å²) in [6.45, 7) is 3.96. The van der Waals surface area contributed by atoms with Gasteiger partial charge in [0.2, 0.25) is 0 Å². The van der Waals surface area contributed by atoms with Crippen molar-refractivity contribution >= 4 is 11.6 Å². The third-order valence-electron chi connectivity index (χ3n) is 3.33. The van der Waals surface area contributed by atoms with Crippen LogP contribution in [0.25, 0.3) is 0 Å². The molecule has 4 nitrogen and oxygen atoms in total. The fourth-order valence-electron chi connectivity index (χ4n) is 2.12. The summed E-state index contributed by atoms with van der Waals surface area (Å²) in [5.74, 6) is -0.0507. The standard InChI is InChI=1S/C17H21N3O/c1-12-4-5-14(11-19-12)10-13(2)20-17(21)15-6-8-16(18-3)9-7-15/h4-9,11,13,18H,10H2,1-3H3,(H,20,21). The van der Waals surface area contributed by atoms with Gasteiger partial charge in [-0.15, -0.1) is 0 Å². The molecule has 0 aliphatic heterocycles. The van der Waals surface area contributed by atoms with Crippen molar-refractivity contribution in [2.75, 3.05) is 12.4 Å². The molecule has 0 bridgehead atoms. The minimum absolute atomic E-state index is 0.0507. The van der Waals surface area contributed by atoms with Crippen molar-refractivity contribution in [3.05, 3.63) is 59.4 Å². The molecule has 0 aliphatic rings. The van der Waals surface area contributed by atoms with Crippen LogP contribution in [0.1, 0.15) is 28.5 Å². The Balaban J connectivity index is 1.93. The highest BCUT2D eigenvalue weighted by atomic mass is 16.1. The van der Waals surface area contributed by atoms with Gasteiger partial charge in [0.15, 0.2) is 0 Å². The summed E-state index contributed by atoms with van der Waals surface area (Å²) in [6, 6.07) is 11.5. The summed E-state index contributed by atoms with van der Waals surface area (Å²) < 4.78 is 0. The first kappa shape index (κ1) is 15.0. The third-order valence-corrected chi connectivity index (χ3v) is 3.33. The van der Waals surface area contributed by atoms with Crippen LogP contribution in [-0.4, -0.2) is 24.0 Å². The normalized spacial score (nSPS) is 11.8. The van der Waals surface area contributed by atoms with Crippen LogP contribution in [0.4, 0.5) is 5.69 Å². The van der Waals surface area contributed by atoms with Crippen LogP contribution in [-0.2, 0) is 6.42 Å². The fourth-order valence-corrected chi connectivity index (χ4v) is 2.12. The Morgan fingerprint density at radius 1 is 1.19 bits per heavy atom. The quantitative estimate of drug-likeness (QED) is 0.887. The van der Waals surface area contributed by atoms with E-state index in [2.05, 4.69) is 15.6 Å². The third kappa shape index (κ3) is 4.31. The molecule has 1 unspecified atom stereocenters. The number of hydrogen-bond donors (Lipinski definition) is 2. The lowest BCUT2D eigenvalue weighted by atomic mass is 10.1. The topological polar surface area (TPSA) is 54.0 Å². The number of benzene rings is 1. The molecule has 1 amide bonds. The Hall–Kier alpha value is -2.36. The number of hydrogen-bond acceptors (Lipinski definition) is 3. The highest BCUT2D eigenvalue weighted by molar-refractivity contribution is 5.94. The van der Waals surface area contributed by atoms with E-state index in [0.29, 0.717) is 5.56 Å². The molecule has 1 heterocycles. The van der Waals surface area contributed by atoms with Gasteiger partial charge in [-0.05, 0) is 56.2 Å². The van der Waals surface area contributed by atoms with Crippen LogP contribution < -0.4 is 10.6 Å². The van der Waals surface area contributed by atoms with Gasteiger partial charge in [0.1, 0.15) is 0 Å². The van der Waals surface area contributed by atoms with Crippen LogP contribution in [0.2, 0.25) is 0 Å². The second-order valence-electron chi connectivity index (χ2n) is 5.21. The zero-order valence-electron chi connectivity index (χ0n) is 12.7. The van der Waals surface area contributed by atoms with E-state index in [0.717, 1.165) is 23.4 Å². The van der Waals surface area contributed by atoms with E-state index < -0.39 is 0 Å². The largest absolute Gasteiger partial charge is 0.388 e. The van der Waals surface area contributed by atoms with Gasteiger partial charge in [-0.1, -0.05) is 6.07 Å². The second kappa shape index (κ2) is 6.88. The average Bonchev–Trinajstić information content (AvgIpc) is 2.49. The van der Waals surface area contributed by atoms with Crippen LogP contribution in [0.15, 0.2) is 42.6 Å². The van der Waals surface area contributed by atoms with Crippen LogP contribution in [0.5, 0.6) is 0 Å². The van der Waals surface area contributed by atoms with Gasteiger partial charge in [-0.2, -0.15) is 0 Å². The van der Waals surface area contributed by atoms with Gasteiger partial charge in [-0.25, -0.2) is 0 Å². The van der Waals surface area contributed by atoms with Crippen molar-refractivity contribution in [1.29, 1.82) is 0 Å². The van der Waals surface area contributed by atoms with E-state index in [1.165, 1.54) is 0 Å². The zero-order valence-corrected chi connectivity index (χ0v) is 12.7. The van der Waals surface area contributed by atoms with Crippen LogP contribution in [0, 0.1) is 6.92 Å². The maximum Gasteiger partial charge on any atom is 0.251 e. The van der Waals surface area contributed by atoms with Crippen molar-refractivity contribution < 1.29 is 4.79 Å². The molecule has 0 saturated heterocycles. The molecule has 1 atom stereocenters. The number of rotatable bonds is 5. The molecule has 4 heteroatoms. The van der Waals surface area contributed by atoms with Gasteiger partial charge < -0.3 is 10.6 Å². The van der Waals surface area contributed by atoms with E-state index in [1.54, 1.807) is 0 Å². The highest BCUT2D eigenvalue weighted by Crippen LogP contribution is 2.09. The van der Waals surface area contributed by atoms with Gasteiger partial charge in [0.05, 0.1) is 0 Å². The molecule has 1 aromatic heterocycles. The summed E-state index contributed by atoms with van der Waals surface area (Å²) in [6.07, 6.45) is 2.63. The van der Waals surface area contributed by atoms with Crippen LogP contribution >= 0.6 is 0 Å². The summed E-state index contributed by atoms with van der Waals surface area (Å²) in [5, 5.41) is 6.04. The molecule has 1 aromatic carbocycles. The lowest BCUT2D eigenvalue weighted by Gasteiger charge is -2.14. The van der Waals surface area contributed by atoms with E-state index in [9.17, 15) is 4.79 Å². The molecule has 21 heavy (non-hydrogen) atoms. The number of aromatic nitrogens is 1. The number of nitrogens with zero attached hydrogens (tertiary/aromatic N) is 1. The number of pyridine rings is 1. The maximum atomic E-state index is 12.2. The minimum atomic E-state index is -0.0507. The summed E-state index contributed by atoms with van der Waals surface area (Å²) in [7, 11) is 1.85. The molecule has 2 rings (SSSR count). The molecule has 0 aliphatic carbocycles. The van der Waals surface area contributed by atoms with Crippen molar-refractivity contribution in [3.63, 3.8) is 0 Å². The molecule has 2 aromatic rings. The Bertz CT molecular complexity index is 590. The zero-order chi connectivity index (χ0) is 15.2. The van der Waals surface area contributed by atoms with Gasteiger partial charge in [-0.3, -0.25) is 9.78 Å². The number of nitrogens with one attached hydrogen (secondary N) is 2. The number of carbonyl (C=O) groups is 1. The number of amides is 1. The first-order valence-corrected chi connectivity index (χ1v) is 7.08. The van der Waals surface area contributed by atoms with Gasteiger partial charge in [0, 0.05) is 36.2 Å². The monoisotopic (exact) mass is 283 g/mol. The fraction of sp³-hybridized carbons (Fsp3) is 0.294. The van der Waals surface area contributed by atoms with E-state index in [4.69, 9.17) is 0 Å². The Labute approximate surface area is 125 Å². The van der Waals surface area contributed by atoms with E-state index >= 15 is 0 Å². The van der Waals surface area contributed by atoms with Gasteiger partial charge >= 0.3 is 0 Å². The van der Waals surface area contributed by atoms with E-state index in [1.807, 2.05) is 63.5 Å². The lowest BCUT2D eigenvalue weighted by molar-refractivity contribution is 0.0940. The second-order valence-corrected chi connectivity index (χ2v) is 5.21. The molecular formula is C17H21N3O. The van der Waals surface area contributed by atoms with Crippen molar-refractivity contribution in [2.45, 2.75) is 26.3 Å². The molecule has 2 N–H and O–H groups in total. The molecule has 0 spiro atoms. The Morgan fingerprint density at radius 2 is 1.90 bits per heavy atom. The maximum absolute atomic E-state index is 12.2. The van der Waals surface area contributed by atoms with Crippen molar-refractivity contribution in [1.82, 2.24) is 10.3 Å². The first-order valence-electron chi connectivity index (χ1n) is 7.08. The average molecular weight is 283 g/mol. The summed E-state index contributed by atoms with van der Waals surface area (Å²) >= 11 is 0. The molecule has 0 radical (unpaired) electrons. The molecule has 110 valence electrons. The van der Waals surface area contributed by atoms with E-state index in [-0.39, 0.29) is 11.9 Å². The van der Waals surface area contributed by atoms with Crippen molar-refractivity contribution in [2.24, 2.45) is 0 Å². The first-order chi connectivity index (χ1) is 10.1. The van der Waals surface area contributed by atoms with Crippen molar-refractivity contribution in [3.8, 4) is 0 Å². The SMILES string of the molecule is CNc1ccc(C(=O)NC(C)Cc2ccc(C)nc2)cc1. The Kier molecular flexibility index (Phi) is 4.93. The smallest absolute Gasteiger partial charge is 0.251 e. The molecule has 0 fully saturated rings. The number of aryl methyl sites for hydroxylation is 1. The summed E-state index contributed by atoms with van der Waals surface area (Å²) in [4.78, 5) is 16.4. The molecular weight excluding hydrogens is 262 g/mol. The van der Waals surface area contributed by atoms with Crippen LogP contribution in [0.3, 0.4) is 0 Å². The highest BCUT2D eigenvalue weighted by Gasteiger charge is 2.10.